The molecule has 0 saturated heterocycles. The number of nitrogens with zero attached hydrogens (tertiary/aromatic N) is 2. The summed E-state index contributed by atoms with van der Waals surface area (Å²) in [6.07, 6.45) is 0. The Morgan fingerprint density at radius 1 is 0.950 bits per heavy atom. The quantitative estimate of drug-likeness (QED) is 0.790. The summed E-state index contributed by atoms with van der Waals surface area (Å²) in [4.78, 5) is 4.40. The summed E-state index contributed by atoms with van der Waals surface area (Å²) in [5.74, 6) is 1.05. The highest BCUT2D eigenvalue weighted by Gasteiger charge is 2.10. The second-order valence-corrected chi connectivity index (χ2v) is 4.64. The molecule has 0 bridgehead atoms. The van der Waals surface area contributed by atoms with Gasteiger partial charge in [-0.3, -0.25) is 0 Å². The Morgan fingerprint density at radius 2 is 1.60 bits per heavy atom. The second-order valence-electron chi connectivity index (χ2n) is 4.64. The molecule has 0 fully saturated rings. The molecular weight excluding hydrogens is 252 g/mol. The van der Waals surface area contributed by atoms with Gasteiger partial charge in [0.2, 0.25) is 5.82 Å². The number of hydrogen-bond acceptors (Lipinski definition) is 4. The fraction of sp³-hybridized carbons (Fsp3) is 0.125. The highest BCUT2D eigenvalue weighted by atomic mass is 16.5. The Bertz CT molecular complexity index is 700. The maximum atomic E-state index is 9.02. The maximum absolute atomic E-state index is 9.02. The Morgan fingerprint density at radius 3 is 2.25 bits per heavy atom. The smallest absolute Gasteiger partial charge is 0.258 e. The monoisotopic (exact) mass is 266 g/mol. The molecule has 4 heteroatoms. The summed E-state index contributed by atoms with van der Waals surface area (Å²) in [6.45, 7) is 2.06. The first-order chi connectivity index (χ1) is 9.76. The lowest BCUT2D eigenvalue weighted by Crippen LogP contribution is -1.85. The van der Waals surface area contributed by atoms with Crippen LogP contribution in [0.4, 0.5) is 0 Å². The highest BCUT2D eigenvalue weighted by Crippen LogP contribution is 2.22. The van der Waals surface area contributed by atoms with E-state index in [9.17, 15) is 0 Å². The highest BCUT2D eigenvalue weighted by molar-refractivity contribution is 5.60. The van der Waals surface area contributed by atoms with Gasteiger partial charge in [-0.15, -0.1) is 0 Å². The van der Waals surface area contributed by atoms with Gasteiger partial charge in [-0.05, 0) is 24.6 Å². The number of aryl methyl sites for hydroxylation is 1. The van der Waals surface area contributed by atoms with Crippen LogP contribution in [0.15, 0.2) is 53.1 Å². The van der Waals surface area contributed by atoms with Crippen LogP contribution in [-0.4, -0.2) is 15.2 Å². The summed E-state index contributed by atoms with van der Waals surface area (Å²) < 4.78 is 5.29. The molecule has 0 spiro atoms. The zero-order valence-corrected chi connectivity index (χ0v) is 11.1. The molecule has 2 aromatic carbocycles. The third-order valence-electron chi connectivity index (χ3n) is 3.12. The Balaban J connectivity index is 1.91. The molecule has 1 heterocycles. The van der Waals surface area contributed by atoms with Crippen LogP contribution < -0.4 is 0 Å². The number of aliphatic hydroxyl groups excluding tert-OH is 1. The van der Waals surface area contributed by atoms with Crippen LogP contribution >= 0.6 is 0 Å². The molecule has 0 aliphatic rings. The van der Waals surface area contributed by atoms with Crippen LogP contribution in [-0.2, 0) is 6.61 Å². The maximum Gasteiger partial charge on any atom is 0.258 e. The normalized spacial score (nSPS) is 10.7. The van der Waals surface area contributed by atoms with E-state index in [2.05, 4.69) is 10.1 Å². The Hall–Kier alpha value is -2.46. The summed E-state index contributed by atoms with van der Waals surface area (Å²) in [5.41, 5.74) is 3.81. The molecule has 0 aliphatic heterocycles. The predicted octanol–water partition coefficient (Wildman–Crippen LogP) is 3.20. The van der Waals surface area contributed by atoms with Gasteiger partial charge in [0, 0.05) is 11.1 Å². The van der Waals surface area contributed by atoms with Crippen molar-refractivity contribution in [3.8, 4) is 22.8 Å². The van der Waals surface area contributed by atoms with Gasteiger partial charge in [0.1, 0.15) is 0 Å². The topological polar surface area (TPSA) is 59.2 Å². The van der Waals surface area contributed by atoms with Crippen LogP contribution in [0.25, 0.3) is 22.8 Å². The third-order valence-corrected chi connectivity index (χ3v) is 3.12. The Labute approximate surface area is 116 Å². The molecule has 0 radical (unpaired) electrons. The number of aromatic nitrogens is 2. The van der Waals surface area contributed by atoms with E-state index in [0.29, 0.717) is 11.7 Å². The third kappa shape index (κ3) is 2.46. The van der Waals surface area contributed by atoms with Gasteiger partial charge in [-0.1, -0.05) is 47.1 Å². The molecule has 1 aromatic heterocycles. The van der Waals surface area contributed by atoms with Crippen molar-refractivity contribution in [2.45, 2.75) is 13.5 Å². The van der Waals surface area contributed by atoms with Crippen molar-refractivity contribution in [1.82, 2.24) is 10.1 Å². The summed E-state index contributed by atoms with van der Waals surface area (Å²) in [7, 11) is 0. The SMILES string of the molecule is Cc1ccc(-c2nc(-c3ccc(CO)cc3)no2)cc1. The zero-order valence-electron chi connectivity index (χ0n) is 11.1. The van der Waals surface area contributed by atoms with Crippen molar-refractivity contribution >= 4 is 0 Å². The van der Waals surface area contributed by atoms with Gasteiger partial charge in [-0.25, -0.2) is 0 Å². The lowest BCUT2D eigenvalue weighted by Gasteiger charge is -1.97. The molecule has 0 atom stereocenters. The molecule has 1 N–H and O–H groups in total. The van der Waals surface area contributed by atoms with E-state index < -0.39 is 0 Å². The summed E-state index contributed by atoms with van der Waals surface area (Å²) in [6, 6.07) is 15.4. The molecule has 3 aromatic rings. The number of benzene rings is 2. The van der Waals surface area contributed by atoms with Crippen molar-refractivity contribution in [3.63, 3.8) is 0 Å². The molecule has 3 rings (SSSR count). The second kappa shape index (κ2) is 5.27. The molecule has 4 nitrogen and oxygen atoms in total. The van der Waals surface area contributed by atoms with Crippen molar-refractivity contribution < 1.29 is 9.63 Å². The van der Waals surface area contributed by atoms with Gasteiger partial charge >= 0.3 is 0 Å². The average Bonchev–Trinajstić information content (AvgIpc) is 2.98. The fourth-order valence-corrected chi connectivity index (χ4v) is 1.91. The first-order valence-corrected chi connectivity index (χ1v) is 6.37. The average molecular weight is 266 g/mol. The summed E-state index contributed by atoms with van der Waals surface area (Å²) >= 11 is 0. The molecule has 0 unspecified atom stereocenters. The van der Waals surface area contributed by atoms with Crippen LogP contribution in [0.1, 0.15) is 11.1 Å². The minimum Gasteiger partial charge on any atom is -0.392 e. The van der Waals surface area contributed by atoms with Gasteiger partial charge in [-0.2, -0.15) is 4.98 Å². The molecule has 100 valence electrons. The largest absolute Gasteiger partial charge is 0.392 e. The number of aliphatic hydroxyl groups is 1. The lowest BCUT2D eigenvalue weighted by molar-refractivity contribution is 0.282. The zero-order chi connectivity index (χ0) is 13.9. The van der Waals surface area contributed by atoms with Crippen molar-refractivity contribution in [1.29, 1.82) is 0 Å². The fourth-order valence-electron chi connectivity index (χ4n) is 1.91. The van der Waals surface area contributed by atoms with Crippen LogP contribution in [0.5, 0.6) is 0 Å². The Kier molecular flexibility index (Phi) is 3.31. The first-order valence-electron chi connectivity index (χ1n) is 6.37. The van der Waals surface area contributed by atoms with Gasteiger partial charge in [0.15, 0.2) is 0 Å². The van der Waals surface area contributed by atoms with E-state index in [1.165, 1.54) is 5.56 Å². The van der Waals surface area contributed by atoms with E-state index in [4.69, 9.17) is 9.63 Å². The van der Waals surface area contributed by atoms with Crippen molar-refractivity contribution in [2.24, 2.45) is 0 Å². The van der Waals surface area contributed by atoms with Gasteiger partial charge in [0.25, 0.3) is 5.89 Å². The van der Waals surface area contributed by atoms with E-state index in [-0.39, 0.29) is 6.61 Å². The molecule has 0 saturated carbocycles. The van der Waals surface area contributed by atoms with Crippen LogP contribution in [0.3, 0.4) is 0 Å². The minimum absolute atomic E-state index is 0.0289. The molecule has 20 heavy (non-hydrogen) atoms. The van der Waals surface area contributed by atoms with E-state index in [1.807, 2.05) is 55.5 Å². The standard InChI is InChI=1S/C16H14N2O2/c1-11-2-6-14(7-3-11)16-17-15(18-20-16)13-8-4-12(10-19)5-9-13/h2-9,19H,10H2,1H3. The van der Waals surface area contributed by atoms with Crippen LogP contribution in [0.2, 0.25) is 0 Å². The minimum atomic E-state index is 0.0289. The predicted molar refractivity (Wildman–Crippen MR) is 75.8 cm³/mol. The molecule has 0 amide bonds. The van der Waals surface area contributed by atoms with Crippen molar-refractivity contribution in [2.75, 3.05) is 0 Å². The van der Waals surface area contributed by atoms with E-state index in [0.717, 1.165) is 16.7 Å². The number of rotatable bonds is 3. The van der Waals surface area contributed by atoms with Crippen LogP contribution in [0, 0.1) is 6.92 Å². The lowest BCUT2D eigenvalue weighted by atomic mass is 10.1. The first kappa shape index (κ1) is 12.6. The summed E-state index contributed by atoms with van der Waals surface area (Å²) in [5, 5.41) is 13.0. The molecule has 0 aliphatic carbocycles. The van der Waals surface area contributed by atoms with E-state index in [1.54, 1.807) is 0 Å². The van der Waals surface area contributed by atoms with Gasteiger partial charge in [0.05, 0.1) is 6.61 Å². The molecular formula is C16H14N2O2. The number of hydrogen-bond donors (Lipinski definition) is 1. The van der Waals surface area contributed by atoms with E-state index >= 15 is 0 Å². The van der Waals surface area contributed by atoms with Crippen molar-refractivity contribution in [3.05, 3.63) is 59.7 Å². The van der Waals surface area contributed by atoms with Gasteiger partial charge < -0.3 is 9.63 Å².